The fraction of sp³-hybridized carbons (Fsp3) is 0.231. The van der Waals surface area contributed by atoms with E-state index < -0.39 is 0 Å². The third-order valence-electron chi connectivity index (χ3n) is 3.52. The minimum absolute atomic E-state index is 0.343. The van der Waals surface area contributed by atoms with E-state index in [1.807, 2.05) is 6.07 Å². The summed E-state index contributed by atoms with van der Waals surface area (Å²) in [6.07, 6.45) is 1.74. The fourth-order valence-electron chi connectivity index (χ4n) is 2.49. The van der Waals surface area contributed by atoms with E-state index in [9.17, 15) is 0 Å². The van der Waals surface area contributed by atoms with Crippen LogP contribution in [0.5, 0.6) is 0 Å². The molecule has 0 radical (unpaired) electrons. The van der Waals surface area contributed by atoms with E-state index in [4.69, 9.17) is 16.2 Å². The van der Waals surface area contributed by atoms with Crippen molar-refractivity contribution in [2.24, 2.45) is 0 Å². The minimum Gasteiger partial charge on any atom is -0.397 e. The fourth-order valence-corrected chi connectivity index (χ4v) is 3.72. The van der Waals surface area contributed by atoms with Crippen molar-refractivity contribution in [1.29, 1.82) is 0 Å². The number of nitrogen functional groups attached to an aromatic ring is 2. The van der Waals surface area contributed by atoms with Crippen LogP contribution in [0.15, 0.2) is 18.3 Å². The number of H-pyrrole nitrogens is 1. The summed E-state index contributed by atoms with van der Waals surface area (Å²) in [4.78, 5) is 5.61. The van der Waals surface area contributed by atoms with E-state index in [0.29, 0.717) is 30.6 Å². The summed E-state index contributed by atoms with van der Waals surface area (Å²) in [6.45, 7) is 1.42. The van der Waals surface area contributed by atoms with Crippen LogP contribution in [-0.2, 0) is 4.74 Å². The molecule has 102 valence electrons. The molecule has 0 aromatic carbocycles. The molecule has 0 atom stereocenters. The Kier molecular flexibility index (Phi) is 2.45. The first-order chi connectivity index (χ1) is 9.74. The second kappa shape index (κ2) is 4.19. The Hall–Kier alpha value is -2.12. The molecule has 4 heterocycles. The van der Waals surface area contributed by atoms with E-state index in [1.165, 1.54) is 5.56 Å². The van der Waals surface area contributed by atoms with Crippen LogP contribution in [0.3, 0.4) is 0 Å². The number of pyridine rings is 1. The molecule has 7 heteroatoms. The lowest BCUT2D eigenvalue weighted by Crippen LogP contribution is -2.25. The molecule has 3 aromatic heterocycles. The summed E-state index contributed by atoms with van der Waals surface area (Å²) in [5.74, 6) is 0.793. The van der Waals surface area contributed by atoms with Crippen molar-refractivity contribution in [3.05, 3.63) is 23.9 Å². The third kappa shape index (κ3) is 1.60. The normalized spacial score (nSPS) is 15.6. The van der Waals surface area contributed by atoms with Gasteiger partial charge in [0.05, 0.1) is 39.7 Å². The van der Waals surface area contributed by atoms with Gasteiger partial charge in [-0.3, -0.25) is 5.10 Å². The summed E-state index contributed by atoms with van der Waals surface area (Å²) in [5.41, 5.74) is 15.6. The number of hydrogen-bond acceptors (Lipinski definition) is 6. The lowest BCUT2D eigenvalue weighted by atomic mass is 9.95. The number of nitrogens with zero attached hydrogens (tertiary/aromatic N) is 2. The molecule has 6 nitrogen and oxygen atoms in total. The molecule has 5 N–H and O–H groups in total. The monoisotopic (exact) mass is 287 g/mol. The number of nitrogens with two attached hydrogens (primary N) is 2. The standard InChI is InChI=1S/C13H13N5OS/c14-7-3-9(15)17-11-10(6-4-19-5-6)13(20-12(7)11)8-1-2-16-18-8/h1-3,6H,4-5H2,(H,16,18)(H4,14,15,17). The first-order valence-electron chi connectivity index (χ1n) is 6.30. The highest BCUT2D eigenvalue weighted by molar-refractivity contribution is 7.23. The van der Waals surface area contributed by atoms with Gasteiger partial charge < -0.3 is 16.2 Å². The second-order valence-corrected chi connectivity index (χ2v) is 5.88. The van der Waals surface area contributed by atoms with Crippen LogP contribution >= 0.6 is 11.3 Å². The minimum atomic E-state index is 0.343. The molecule has 3 aromatic rings. The largest absolute Gasteiger partial charge is 0.397 e. The summed E-state index contributed by atoms with van der Waals surface area (Å²) >= 11 is 1.62. The highest BCUT2D eigenvalue weighted by Crippen LogP contribution is 2.45. The average Bonchev–Trinajstić information content (AvgIpc) is 2.95. The maximum absolute atomic E-state index is 6.09. The van der Waals surface area contributed by atoms with Gasteiger partial charge in [0.2, 0.25) is 0 Å². The molecular weight excluding hydrogens is 274 g/mol. The smallest absolute Gasteiger partial charge is 0.126 e. The third-order valence-corrected chi connectivity index (χ3v) is 4.79. The molecule has 0 amide bonds. The summed E-state index contributed by atoms with van der Waals surface area (Å²) in [5, 5.41) is 7.04. The van der Waals surface area contributed by atoms with Crippen molar-refractivity contribution in [3.8, 4) is 10.6 Å². The van der Waals surface area contributed by atoms with Gasteiger partial charge in [-0.2, -0.15) is 5.10 Å². The highest BCUT2D eigenvalue weighted by Gasteiger charge is 2.29. The van der Waals surface area contributed by atoms with Gasteiger partial charge in [-0.1, -0.05) is 0 Å². The molecule has 0 bridgehead atoms. The van der Waals surface area contributed by atoms with Crippen LogP contribution < -0.4 is 11.5 Å². The maximum Gasteiger partial charge on any atom is 0.126 e. The number of anilines is 2. The van der Waals surface area contributed by atoms with Crippen molar-refractivity contribution >= 4 is 33.1 Å². The Bertz CT molecular complexity index is 776. The number of nitrogens with one attached hydrogen (secondary N) is 1. The molecule has 0 unspecified atom stereocenters. The predicted octanol–water partition coefficient (Wildman–Crippen LogP) is 1.96. The Morgan fingerprint density at radius 3 is 2.85 bits per heavy atom. The zero-order chi connectivity index (χ0) is 13.7. The van der Waals surface area contributed by atoms with Gasteiger partial charge in [0.1, 0.15) is 5.82 Å². The van der Waals surface area contributed by atoms with Gasteiger partial charge >= 0.3 is 0 Å². The van der Waals surface area contributed by atoms with Gasteiger partial charge in [-0.15, -0.1) is 11.3 Å². The molecule has 20 heavy (non-hydrogen) atoms. The van der Waals surface area contributed by atoms with Crippen LogP contribution in [0.1, 0.15) is 11.5 Å². The van der Waals surface area contributed by atoms with Crippen LogP contribution in [-0.4, -0.2) is 28.4 Å². The number of thiophene rings is 1. The molecule has 1 saturated heterocycles. The van der Waals surface area contributed by atoms with Gasteiger partial charge in [-0.05, 0) is 6.07 Å². The number of aromatic nitrogens is 3. The van der Waals surface area contributed by atoms with E-state index in [0.717, 1.165) is 20.8 Å². The van der Waals surface area contributed by atoms with E-state index in [1.54, 1.807) is 23.6 Å². The average molecular weight is 287 g/mol. The van der Waals surface area contributed by atoms with E-state index >= 15 is 0 Å². The van der Waals surface area contributed by atoms with Crippen molar-refractivity contribution in [1.82, 2.24) is 15.2 Å². The number of rotatable bonds is 2. The molecule has 1 aliphatic rings. The van der Waals surface area contributed by atoms with Crippen LogP contribution in [0.4, 0.5) is 11.5 Å². The zero-order valence-corrected chi connectivity index (χ0v) is 11.4. The number of fused-ring (bicyclic) bond motifs is 1. The number of ether oxygens (including phenoxy) is 1. The van der Waals surface area contributed by atoms with Crippen molar-refractivity contribution < 1.29 is 4.74 Å². The predicted molar refractivity (Wildman–Crippen MR) is 79.6 cm³/mol. The topological polar surface area (TPSA) is 103 Å². The van der Waals surface area contributed by atoms with Crippen molar-refractivity contribution in [2.75, 3.05) is 24.7 Å². The molecule has 1 fully saturated rings. The second-order valence-electron chi connectivity index (χ2n) is 4.86. The Labute approximate surface area is 118 Å². The zero-order valence-electron chi connectivity index (χ0n) is 10.6. The maximum atomic E-state index is 6.09. The first-order valence-corrected chi connectivity index (χ1v) is 7.11. The summed E-state index contributed by atoms with van der Waals surface area (Å²) in [7, 11) is 0. The molecule has 0 spiro atoms. The first kappa shape index (κ1) is 11.7. The Morgan fingerprint density at radius 2 is 2.20 bits per heavy atom. The molecule has 4 rings (SSSR count). The molecular formula is C13H13N5OS. The van der Waals surface area contributed by atoms with Crippen LogP contribution in [0, 0.1) is 0 Å². The number of hydrogen-bond donors (Lipinski definition) is 3. The lowest BCUT2D eigenvalue weighted by Gasteiger charge is -2.26. The van der Waals surface area contributed by atoms with Gasteiger partial charge in [-0.25, -0.2) is 4.98 Å². The van der Waals surface area contributed by atoms with Gasteiger partial charge in [0.15, 0.2) is 0 Å². The van der Waals surface area contributed by atoms with Gasteiger partial charge in [0, 0.05) is 23.7 Å². The summed E-state index contributed by atoms with van der Waals surface area (Å²) in [6, 6.07) is 3.66. The molecule has 0 aliphatic carbocycles. The van der Waals surface area contributed by atoms with Crippen molar-refractivity contribution in [2.45, 2.75) is 5.92 Å². The van der Waals surface area contributed by atoms with Crippen molar-refractivity contribution in [3.63, 3.8) is 0 Å². The molecule has 0 saturated carbocycles. The molecule has 1 aliphatic heterocycles. The van der Waals surface area contributed by atoms with E-state index in [-0.39, 0.29) is 0 Å². The van der Waals surface area contributed by atoms with Crippen LogP contribution in [0.25, 0.3) is 20.8 Å². The SMILES string of the molecule is Nc1cc(N)c2sc(-c3ccn[nH]3)c(C3COC3)c2n1. The van der Waals surface area contributed by atoms with Crippen LogP contribution in [0.2, 0.25) is 0 Å². The quantitative estimate of drug-likeness (QED) is 0.668. The number of aromatic amines is 1. The van der Waals surface area contributed by atoms with E-state index in [2.05, 4.69) is 15.2 Å². The summed E-state index contributed by atoms with van der Waals surface area (Å²) < 4.78 is 6.31. The lowest BCUT2D eigenvalue weighted by molar-refractivity contribution is 0.00926. The van der Waals surface area contributed by atoms with Gasteiger partial charge in [0.25, 0.3) is 0 Å². The Morgan fingerprint density at radius 1 is 1.35 bits per heavy atom. The Balaban J connectivity index is 2.04. The highest BCUT2D eigenvalue weighted by atomic mass is 32.1.